The van der Waals surface area contributed by atoms with Crippen molar-refractivity contribution >= 4 is 27.6 Å². The topological polar surface area (TPSA) is 133 Å². The Balaban J connectivity index is 2.51. The van der Waals surface area contributed by atoms with Crippen molar-refractivity contribution in [2.45, 2.75) is 19.4 Å². The summed E-state index contributed by atoms with van der Waals surface area (Å²) >= 11 is 0. The van der Waals surface area contributed by atoms with E-state index < -0.39 is 21.9 Å². The number of sulfonamides is 1. The molecule has 0 atom stereocenters. The van der Waals surface area contributed by atoms with Crippen LogP contribution in [0.5, 0.6) is 0 Å². The molecule has 0 saturated carbocycles. The number of nitrogens with zero attached hydrogens (tertiary/aromatic N) is 2. The number of esters is 1. The summed E-state index contributed by atoms with van der Waals surface area (Å²) in [5.41, 5.74) is 5.21. The van der Waals surface area contributed by atoms with E-state index in [0.717, 1.165) is 0 Å². The van der Waals surface area contributed by atoms with Crippen molar-refractivity contribution in [2.75, 3.05) is 17.6 Å². The van der Waals surface area contributed by atoms with Crippen LogP contribution < -0.4 is 10.5 Å². The van der Waals surface area contributed by atoms with Gasteiger partial charge in [0, 0.05) is 12.6 Å². The van der Waals surface area contributed by atoms with Gasteiger partial charge in [-0.2, -0.15) is 5.10 Å². The number of nitrogens with two attached hydrogens (primary N) is 1. The second-order valence-electron chi connectivity index (χ2n) is 3.99. The highest BCUT2D eigenvalue weighted by Gasteiger charge is 2.13. The molecule has 0 aliphatic rings. The highest BCUT2D eigenvalue weighted by atomic mass is 32.2. The van der Waals surface area contributed by atoms with E-state index >= 15 is 0 Å². The number of hydrogen-bond acceptors (Lipinski definition) is 6. The number of methoxy groups -OCH3 is 1. The lowest BCUT2D eigenvalue weighted by molar-refractivity contribution is -0.140. The van der Waals surface area contributed by atoms with E-state index in [-0.39, 0.29) is 30.8 Å². The van der Waals surface area contributed by atoms with Crippen LogP contribution in [0.15, 0.2) is 12.4 Å². The van der Waals surface area contributed by atoms with Crippen LogP contribution in [0.4, 0.5) is 5.69 Å². The predicted octanol–water partition coefficient (Wildman–Crippen LogP) is -0.937. The van der Waals surface area contributed by atoms with Gasteiger partial charge in [0.25, 0.3) is 0 Å². The number of nitrogens with one attached hydrogen (secondary N) is 1. The van der Waals surface area contributed by atoms with E-state index in [2.05, 4.69) is 14.6 Å². The van der Waals surface area contributed by atoms with Crippen LogP contribution in [0.3, 0.4) is 0 Å². The third kappa shape index (κ3) is 5.69. The first-order valence-electron chi connectivity index (χ1n) is 5.70. The summed E-state index contributed by atoms with van der Waals surface area (Å²) in [6.45, 7) is -0.135. The van der Waals surface area contributed by atoms with E-state index in [4.69, 9.17) is 5.73 Å². The minimum Gasteiger partial charge on any atom is -0.469 e. The van der Waals surface area contributed by atoms with Crippen LogP contribution in [-0.2, 0) is 30.9 Å². The molecule has 0 bridgehead atoms. The van der Waals surface area contributed by atoms with Crippen molar-refractivity contribution in [1.82, 2.24) is 9.78 Å². The van der Waals surface area contributed by atoms with Crippen LogP contribution in [0.2, 0.25) is 0 Å². The fourth-order valence-corrected chi connectivity index (χ4v) is 2.49. The summed E-state index contributed by atoms with van der Waals surface area (Å²) in [5, 5.41) is 3.78. The van der Waals surface area contributed by atoms with Crippen LogP contribution in [0, 0.1) is 0 Å². The average molecular weight is 304 g/mol. The Morgan fingerprint density at radius 3 is 2.80 bits per heavy atom. The smallest absolute Gasteiger partial charge is 0.305 e. The molecule has 20 heavy (non-hydrogen) atoms. The summed E-state index contributed by atoms with van der Waals surface area (Å²) in [4.78, 5) is 21.5. The molecule has 10 heteroatoms. The van der Waals surface area contributed by atoms with E-state index in [9.17, 15) is 18.0 Å². The number of rotatable bonds is 8. The number of ether oxygens (including phenoxy) is 1. The minimum absolute atomic E-state index is 0.0261. The van der Waals surface area contributed by atoms with E-state index in [0.29, 0.717) is 0 Å². The molecule has 1 rings (SSSR count). The molecule has 1 heterocycles. The Morgan fingerprint density at radius 1 is 1.50 bits per heavy atom. The fourth-order valence-electron chi connectivity index (χ4n) is 1.40. The molecule has 3 N–H and O–H groups in total. The van der Waals surface area contributed by atoms with Crippen LogP contribution in [0.25, 0.3) is 0 Å². The Hall–Kier alpha value is -2.10. The Labute approximate surface area is 116 Å². The van der Waals surface area contributed by atoms with Gasteiger partial charge in [0.15, 0.2) is 0 Å². The second kappa shape index (κ2) is 6.89. The quantitative estimate of drug-likeness (QED) is 0.596. The predicted molar refractivity (Wildman–Crippen MR) is 70.1 cm³/mol. The van der Waals surface area contributed by atoms with Gasteiger partial charge in [-0.15, -0.1) is 0 Å². The number of primary amides is 1. The largest absolute Gasteiger partial charge is 0.469 e. The van der Waals surface area contributed by atoms with Crippen molar-refractivity contribution in [1.29, 1.82) is 0 Å². The third-order valence-corrected chi connectivity index (χ3v) is 3.62. The summed E-state index contributed by atoms with van der Waals surface area (Å²) in [6, 6.07) is 0. The molecule has 1 amide bonds. The second-order valence-corrected chi connectivity index (χ2v) is 5.84. The molecule has 0 aliphatic carbocycles. The normalized spacial score (nSPS) is 11.1. The highest BCUT2D eigenvalue weighted by Crippen LogP contribution is 2.09. The molecule has 112 valence electrons. The maximum absolute atomic E-state index is 11.7. The Kier molecular flexibility index (Phi) is 5.50. The number of amides is 1. The molecule has 0 radical (unpaired) electrons. The molecular formula is C10H16N4O5S. The van der Waals surface area contributed by atoms with Crippen LogP contribution >= 0.6 is 0 Å². The SMILES string of the molecule is COC(=O)CCCS(=O)(=O)Nc1cnn(CC(N)=O)c1. The van der Waals surface area contributed by atoms with Crippen LogP contribution in [0.1, 0.15) is 12.8 Å². The molecule has 9 nitrogen and oxygen atoms in total. The lowest BCUT2D eigenvalue weighted by atomic mass is 10.3. The van der Waals surface area contributed by atoms with Gasteiger partial charge in [0.2, 0.25) is 15.9 Å². The molecule has 0 unspecified atom stereocenters. The zero-order valence-electron chi connectivity index (χ0n) is 10.9. The summed E-state index contributed by atoms with van der Waals surface area (Å²) in [7, 11) is -2.34. The molecule has 0 aliphatic heterocycles. The molecule has 0 saturated heterocycles. The number of carbonyl (C=O) groups is 2. The van der Waals surface area contributed by atoms with Crippen molar-refractivity contribution in [3.63, 3.8) is 0 Å². The average Bonchev–Trinajstić information content (AvgIpc) is 2.74. The minimum atomic E-state index is -3.58. The van der Waals surface area contributed by atoms with Gasteiger partial charge in [-0.25, -0.2) is 8.42 Å². The first-order valence-corrected chi connectivity index (χ1v) is 7.35. The zero-order valence-corrected chi connectivity index (χ0v) is 11.7. The highest BCUT2D eigenvalue weighted by molar-refractivity contribution is 7.92. The maximum atomic E-state index is 11.7. The van der Waals surface area contributed by atoms with E-state index in [1.54, 1.807) is 0 Å². The first-order chi connectivity index (χ1) is 9.32. The van der Waals surface area contributed by atoms with Gasteiger partial charge in [0.1, 0.15) is 6.54 Å². The van der Waals surface area contributed by atoms with Gasteiger partial charge in [0.05, 0.1) is 24.7 Å². The number of aromatic nitrogens is 2. The Bertz CT molecular complexity index is 580. The van der Waals surface area contributed by atoms with Crippen molar-refractivity contribution in [2.24, 2.45) is 5.73 Å². The number of hydrogen-bond donors (Lipinski definition) is 2. The van der Waals surface area contributed by atoms with Crippen LogP contribution in [-0.4, -0.2) is 42.9 Å². The maximum Gasteiger partial charge on any atom is 0.305 e. The van der Waals surface area contributed by atoms with E-state index in [1.807, 2.05) is 0 Å². The summed E-state index contributed by atoms with van der Waals surface area (Å²) in [5.74, 6) is -1.27. The monoisotopic (exact) mass is 304 g/mol. The van der Waals surface area contributed by atoms with Crippen molar-refractivity contribution < 1.29 is 22.7 Å². The molecule has 0 spiro atoms. The van der Waals surface area contributed by atoms with Crippen molar-refractivity contribution in [3.8, 4) is 0 Å². The standard InChI is InChI=1S/C10H16N4O5S/c1-19-10(16)3-2-4-20(17,18)13-8-5-12-14(6-8)7-9(11)15/h5-6,13H,2-4,7H2,1H3,(H2,11,15). The summed E-state index contributed by atoms with van der Waals surface area (Å²) < 4.78 is 31.3. The first kappa shape index (κ1) is 16.0. The molecule has 1 aromatic heterocycles. The van der Waals surface area contributed by atoms with Gasteiger partial charge in [-0.1, -0.05) is 0 Å². The molecule has 0 fully saturated rings. The lowest BCUT2D eigenvalue weighted by Crippen LogP contribution is -2.19. The molecular weight excluding hydrogens is 288 g/mol. The molecule has 0 aromatic carbocycles. The molecule has 1 aromatic rings. The van der Waals surface area contributed by atoms with Crippen molar-refractivity contribution in [3.05, 3.63) is 12.4 Å². The van der Waals surface area contributed by atoms with Gasteiger partial charge in [-0.05, 0) is 6.42 Å². The fraction of sp³-hybridized carbons (Fsp3) is 0.500. The lowest BCUT2D eigenvalue weighted by Gasteiger charge is -2.05. The Morgan fingerprint density at radius 2 is 2.20 bits per heavy atom. The summed E-state index contributed by atoms with van der Waals surface area (Å²) in [6.07, 6.45) is 2.79. The zero-order chi connectivity index (χ0) is 15.2. The van der Waals surface area contributed by atoms with Gasteiger partial charge in [-0.3, -0.25) is 19.0 Å². The van der Waals surface area contributed by atoms with Gasteiger partial charge < -0.3 is 10.5 Å². The number of anilines is 1. The van der Waals surface area contributed by atoms with Gasteiger partial charge >= 0.3 is 5.97 Å². The third-order valence-electron chi connectivity index (χ3n) is 2.25. The number of carbonyl (C=O) groups excluding carboxylic acids is 2. The van der Waals surface area contributed by atoms with E-state index in [1.165, 1.54) is 24.2 Å².